The van der Waals surface area contributed by atoms with E-state index in [0.717, 1.165) is 0 Å². The Morgan fingerprint density at radius 1 is 1.14 bits per heavy atom. The predicted octanol–water partition coefficient (Wildman–Crippen LogP) is -2.12. The molecule has 0 rings (SSSR count). The SMILES string of the molecule is O=P(O)(O)O.[AlH3].[Co]. The molecule has 0 atom stereocenters. The van der Waals surface area contributed by atoms with Crippen LogP contribution in [0.1, 0.15) is 0 Å². The van der Waals surface area contributed by atoms with Crippen molar-refractivity contribution < 1.29 is 36.0 Å². The zero-order chi connectivity index (χ0) is 4.50. The van der Waals surface area contributed by atoms with E-state index in [1.165, 1.54) is 0 Å². The minimum absolute atomic E-state index is 0. The number of phosphoric acid groups is 1. The fraction of sp³-hybridized carbons (Fsp3) is 0. The molecule has 4 nitrogen and oxygen atoms in total. The Morgan fingerprint density at radius 3 is 1.14 bits per heavy atom. The zero-order valence-corrected chi connectivity index (χ0v) is 4.47. The van der Waals surface area contributed by atoms with Crippen LogP contribution in [0, 0.1) is 0 Å². The molecule has 47 valence electrons. The largest absolute Gasteiger partial charge is 0.466 e. The predicted molar refractivity (Wildman–Crippen MR) is 24.2 cm³/mol. The van der Waals surface area contributed by atoms with Crippen molar-refractivity contribution in [3.8, 4) is 0 Å². The standard InChI is InChI=1S/Al.Co.H3O4P.3H/c;;1-5(2,3)4;;;/h;;(H3,1,2,3,4);;;. The average Bonchev–Trinajstić information content (AvgIpc) is 0.722. The third-order valence-electron chi connectivity index (χ3n) is 0. The molecule has 0 fully saturated rings. The zero-order valence-electron chi connectivity index (χ0n) is 2.53. The Labute approximate surface area is 61.5 Å². The van der Waals surface area contributed by atoms with Gasteiger partial charge in [0.05, 0.1) is 0 Å². The molecule has 0 aromatic rings. The monoisotopic (exact) mass is 187 g/mol. The summed E-state index contributed by atoms with van der Waals surface area (Å²) >= 11 is 0. The molecule has 0 saturated heterocycles. The molecule has 3 N–H and O–H groups in total. The third-order valence-corrected chi connectivity index (χ3v) is 0. The molecule has 0 bridgehead atoms. The van der Waals surface area contributed by atoms with Crippen LogP contribution in [0.4, 0.5) is 0 Å². The summed E-state index contributed by atoms with van der Waals surface area (Å²) in [5.74, 6) is 0. The molecule has 0 saturated carbocycles. The van der Waals surface area contributed by atoms with Crippen molar-refractivity contribution in [3.05, 3.63) is 0 Å². The van der Waals surface area contributed by atoms with E-state index in [4.69, 9.17) is 19.2 Å². The molecule has 0 aromatic heterocycles. The van der Waals surface area contributed by atoms with E-state index < -0.39 is 7.82 Å². The molecule has 7 heavy (non-hydrogen) atoms. The number of hydrogen-bond acceptors (Lipinski definition) is 1. The van der Waals surface area contributed by atoms with Gasteiger partial charge in [0.15, 0.2) is 17.4 Å². The van der Waals surface area contributed by atoms with Gasteiger partial charge in [0, 0.05) is 16.8 Å². The minimum Gasteiger partial charge on any atom is -0.303 e. The van der Waals surface area contributed by atoms with Crippen molar-refractivity contribution in [2.45, 2.75) is 0 Å². The first kappa shape index (κ1) is 15.7. The summed E-state index contributed by atoms with van der Waals surface area (Å²) in [6.45, 7) is 0. The Balaban J connectivity index is -0.0000000800. The molecule has 0 aliphatic carbocycles. The summed E-state index contributed by atoms with van der Waals surface area (Å²) in [7, 11) is -4.64. The van der Waals surface area contributed by atoms with Crippen molar-refractivity contribution in [1.82, 2.24) is 0 Å². The smallest absolute Gasteiger partial charge is 0.303 e. The summed E-state index contributed by atoms with van der Waals surface area (Å²) in [5.41, 5.74) is 0. The summed E-state index contributed by atoms with van der Waals surface area (Å²) < 4.78 is 8.88. The van der Waals surface area contributed by atoms with Gasteiger partial charge in [0.1, 0.15) is 0 Å². The second kappa shape index (κ2) is 5.29. The Morgan fingerprint density at radius 2 is 1.14 bits per heavy atom. The van der Waals surface area contributed by atoms with Crippen molar-refractivity contribution in [2.24, 2.45) is 0 Å². The van der Waals surface area contributed by atoms with E-state index in [-0.39, 0.29) is 34.1 Å². The average molecular weight is 187 g/mol. The van der Waals surface area contributed by atoms with Crippen molar-refractivity contribution in [1.29, 1.82) is 0 Å². The molecular formula is H6AlCoO4P. The summed E-state index contributed by atoms with van der Waals surface area (Å²) in [6.07, 6.45) is 0. The molecule has 0 aromatic carbocycles. The second-order valence-corrected chi connectivity index (χ2v) is 1.54. The molecule has 7 heteroatoms. The van der Waals surface area contributed by atoms with Gasteiger partial charge in [0.25, 0.3) is 0 Å². The number of rotatable bonds is 0. The maximum Gasteiger partial charge on any atom is 0.466 e. The van der Waals surface area contributed by atoms with E-state index in [1.54, 1.807) is 0 Å². The van der Waals surface area contributed by atoms with Crippen LogP contribution in [0.15, 0.2) is 0 Å². The molecule has 0 heterocycles. The third kappa shape index (κ3) is 144. The van der Waals surface area contributed by atoms with E-state index in [9.17, 15) is 0 Å². The molecule has 0 aliphatic rings. The Hall–Kier alpha value is 1.15. The number of hydrogen-bond donors (Lipinski definition) is 3. The summed E-state index contributed by atoms with van der Waals surface area (Å²) in [6, 6.07) is 0. The van der Waals surface area contributed by atoms with E-state index in [1.807, 2.05) is 0 Å². The summed E-state index contributed by atoms with van der Waals surface area (Å²) in [5, 5.41) is 0. The van der Waals surface area contributed by atoms with Gasteiger partial charge in [0.2, 0.25) is 0 Å². The molecule has 0 aliphatic heterocycles. The van der Waals surface area contributed by atoms with Crippen LogP contribution in [0.3, 0.4) is 0 Å². The normalized spacial score (nSPS) is 8.43. The minimum atomic E-state index is -4.64. The molecule has 0 amide bonds. The van der Waals surface area contributed by atoms with Crippen LogP contribution in [0.5, 0.6) is 0 Å². The first-order chi connectivity index (χ1) is 2.00. The Bertz CT molecular complexity index is 57.8. The van der Waals surface area contributed by atoms with E-state index in [2.05, 4.69) is 0 Å². The molecule has 1 radical (unpaired) electrons. The first-order valence-electron chi connectivity index (χ1n) is 0.783. The van der Waals surface area contributed by atoms with Crippen LogP contribution in [-0.2, 0) is 21.3 Å². The van der Waals surface area contributed by atoms with Crippen LogP contribution in [0.25, 0.3) is 0 Å². The second-order valence-electron chi connectivity index (χ2n) is 0.513. The fourth-order valence-corrected chi connectivity index (χ4v) is 0. The van der Waals surface area contributed by atoms with Gasteiger partial charge in [-0.05, 0) is 0 Å². The van der Waals surface area contributed by atoms with Gasteiger partial charge in [-0.3, -0.25) is 0 Å². The maximum atomic E-state index is 8.88. The van der Waals surface area contributed by atoms with Gasteiger partial charge in [-0.1, -0.05) is 0 Å². The van der Waals surface area contributed by atoms with Gasteiger partial charge in [-0.15, -0.1) is 0 Å². The van der Waals surface area contributed by atoms with Gasteiger partial charge < -0.3 is 14.7 Å². The summed E-state index contributed by atoms with van der Waals surface area (Å²) in [4.78, 5) is 21.6. The van der Waals surface area contributed by atoms with Gasteiger partial charge in [-0.2, -0.15) is 0 Å². The van der Waals surface area contributed by atoms with E-state index >= 15 is 0 Å². The van der Waals surface area contributed by atoms with Crippen molar-refractivity contribution in [3.63, 3.8) is 0 Å². The van der Waals surface area contributed by atoms with Crippen LogP contribution < -0.4 is 0 Å². The van der Waals surface area contributed by atoms with Crippen LogP contribution in [-0.4, -0.2) is 32.0 Å². The van der Waals surface area contributed by atoms with Crippen LogP contribution in [0.2, 0.25) is 0 Å². The molecule has 0 spiro atoms. The maximum absolute atomic E-state index is 8.88. The van der Waals surface area contributed by atoms with Gasteiger partial charge >= 0.3 is 7.82 Å². The molecule has 0 unspecified atom stereocenters. The first-order valence-corrected chi connectivity index (χ1v) is 2.35. The fourth-order valence-electron chi connectivity index (χ4n) is 0. The van der Waals surface area contributed by atoms with Crippen LogP contribution >= 0.6 is 7.82 Å². The quantitative estimate of drug-likeness (QED) is 0.299. The van der Waals surface area contributed by atoms with Crippen molar-refractivity contribution >= 4 is 25.2 Å². The van der Waals surface area contributed by atoms with Gasteiger partial charge in [-0.25, -0.2) is 4.57 Å². The molecular weight excluding hydrogens is 181 g/mol. The van der Waals surface area contributed by atoms with E-state index in [0.29, 0.717) is 0 Å². The topological polar surface area (TPSA) is 77.8 Å². The Kier molecular flexibility index (Phi) is 11.9. The van der Waals surface area contributed by atoms with Crippen molar-refractivity contribution in [2.75, 3.05) is 0 Å².